The molecule has 0 aromatic heterocycles. The fourth-order valence-electron chi connectivity index (χ4n) is 3.73. The molecule has 0 saturated heterocycles. The lowest BCUT2D eigenvalue weighted by atomic mass is 9.99. The fourth-order valence-corrected chi connectivity index (χ4v) is 4.71. The number of halogens is 2. The molecule has 1 atom stereocenters. The van der Waals surface area contributed by atoms with Crippen LogP contribution in [0.25, 0.3) is 0 Å². The van der Waals surface area contributed by atoms with Crippen molar-refractivity contribution in [1.82, 2.24) is 4.90 Å². The zero-order chi connectivity index (χ0) is 24.2. The second-order valence-corrected chi connectivity index (χ2v) is 15.2. The number of rotatable bonds is 12. The Labute approximate surface area is 192 Å². The Bertz CT molecular complexity index is 770. The second kappa shape index (κ2) is 10.6. The number of nitrogens with zero attached hydrogens (tertiary/aromatic N) is 1. The van der Waals surface area contributed by atoms with Crippen LogP contribution in [-0.2, 0) is 4.43 Å². The lowest BCUT2D eigenvalue weighted by Crippen LogP contribution is -2.54. The number of fused-ring (bicyclic) bond motifs is 1. The van der Waals surface area contributed by atoms with Gasteiger partial charge in [-0.3, -0.25) is 14.5 Å². The van der Waals surface area contributed by atoms with Crippen LogP contribution in [0.5, 0.6) is 0 Å². The number of amides is 2. The van der Waals surface area contributed by atoms with Gasteiger partial charge in [0.25, 0.3) is 17.7 Å². The summed E-state index contributed by atoms with van der Waals surface area (Å²) in [5, 5.41) is -0.215. The Hall–Kier alpha value is -1.60. The first-order valence-electron chi connectivity index (χ1n) is 11.8. The molecule has 0 spiro atoms. The summed E-state index contributed by atoms with van der Waals surface area (Å²) in [5.41, 5.74) is 0.401. The van der Waals surface area contributed by atoms with Gasteiger partial charge in [-0.15, -0.1) is 0 Å². The molecule has 180 valence electrons. The summed E-state index contributed by atoms with van der Waals surface area (Å²) in [6, 6.07) is 4.85. The van der Waals surface area contributed by atoms with Crippen LogP contribution in [0, 0.1) is 0 Å². The van der Waals surface area contributed by atoms with Gasteiger partial charge in [0.05, 0.1) is 17.7 Å². The van der Waals surface area contributed by atoms with E-state index in [1.807, 2.05) is 33.9 Å². The Kier molecular flexibility index (Phi) is 8.79. The molecule has 1 aliphatic heterocycles. The molecule has 4 nitrogen and oxygen atoms in total. The van der Waals surface area contributed by atoms with Crippen LogP contribution in [0.15, 0.2) is 24.3 Å². The second-order valence-electron chi connectivity index (χ2n) is 10.4. The zero-order valence-corrected chi connectivity index (χ0v) is 21.5. The van der Waals surface area contributed by atoms with Crippen molar-refractivity contribution in [2.24, 2.45) is 0 Å². The lowest BCUT2D eigenvalue weighted by Gasteiger charge is -2.39. The van der Waals surface area contributed by atoms with E-state index in [1.54, 1.807) is 12.1 Å². The van der Waals surface area contributed by atoms with Gasteiger partial charge in [0.1, 0.15) is 6.04 Å². The third-order valence-electron chi connectivity index (χ3n) is 6.89. The van der Waals surface area contributed by atoms with E-state index >= 15 is 8.78 Å². The molecule has 0 N–H and O–H groups in total. The average Bonchev–Trinajstić information content (AvgIpc) is 2.96. The molecule has 0 fully saturated rings. The number of unbranched alkanes of at least 4 members (excludes halogenated alkanes) is 5. The van der Waals surface area contributed by atoms with Crippen LogP contribution in [-0.4, -0.2) is 43.6 Å². The number of hydrogen-bond donors (Lipinski definition) is 0. The molecule has 0 bridgehead atoms. The molecule has 7 heteroatoms. The van der Waals surface area contributed by atoms with Gasteiger partial charge in [-0.05, 0) is 36.7 Å². The van der Waals surface area contributed by atoms with Gasteiger partial charge in [0, 0.05) is 0 Å². The van der Waals surface area contributed by atoms with E-state index in [1.165, 1.54) is 12.1 Å². The van der Waals surface area contributed by atoms with Crippen molar-refractivity contribution in [3.63, 3.8) is 0 Å². The molecule has 2 rings (SSSR count). The molecule has 1 aromatic rings. The molecule has 0 saturated carbocycles. The summed E-state index contributed by atoms with van der Waals surface area (Å²) in [7, 11) is -2.42. The summed E-state index contributed by atoms with van der Waals surface area (Å²) >= 11 is 0. The molecule has 1 heterocycles. The number of hydrogen-bond acceptors (Lipinski definition) is 3. The predicted molar refractivity (Wildman–Crippen MR) is 127 cm³/mol. The topological polar surface area (TPSA) is 46.6 Å². The summed E-state index contributed by atoms with van der Waals surface area (Å²) in [6.45, 7) is 11.2. The Morgan fingerprint density at radius 1 is 0.938 bits per heavy atom. The number of carbonyl (C=O) groups is 2. The minimum atomic E-state index is -3.33. The lowest BCUT2D eigenvalue weighted by molar-refractivity contribution is -0.0977. The minimum Gasteiger partial charge on any atom is -0.411 e. The predicted octanol–water partition coefficient (Wildman–Crippen LogP) is 7.06. The largest absolute Gasteiger partial charge is 0.411 e. The molecule has 2 amide bonds. The number of benzene rings is 1. The van der Waals surface area contributed by atoms with E-state index < -0.39 is 38.7 Å². The minimum absolute atomic E-state index is 0.0749. The van der Waals surface area contributed by atoms with Crippen LogP contribution in [0.3, 0.4) is 0 Å². The van der Waals surface area contributed by atoms with E-state index in [-0.39, 0.29) is 22.6 Å². The van der Waals surface area contributed by atoms with Crippen molar-refractivity contribution in [2.75, 3.05) is 6.61 Å². The van der Waals surface area contributed by atoms with Crippen molar-refractivity contribution in [3.05, 3.63) is 35.4 Å². The van der Waals surface area contributed by atoms with Crippen LogP contribution < -0.4 is 0 Å². The van der Waals surface area contributed by atoms with Crippen molar-refractivity contribution in [2.45, 2.75) is 103 Å². The smallest absolute Gasteiger partial charge is 0.290 e. The van der Waals surface area contributed by atoms with Gasteiger partial charge in [-0.2, -0.15) is 0 Å². The monoisotopic (exact) mass is 467 g/mol. The summed E-state index contributed by atoms with van der Waals surface area (Å²) in [6.07, 6.45) is 5.69. The maximum absolute atomic E-state index is 15.6. The highest BCUT2D eigenvalue weighted by Gasteiger charge is 2.52. The molecule has 1 aromatic carbocycles. The van der Waals surface area contributed by atoms with Crippen LogP contribution in [0.1, 0.15) is 93.4 Å². The van der Waals surface area contributed by atoms with E-state index in [9.17, 15) is 9.59 Å². The van der Waals surface area contributed by atoms with E-state index in [2.05, 4.69) is 6.92 Å². The van der Waals surface area contributed by atoms with E-state index in [0.29, 0.717) is 6.42 Å². The highest BCUT2D eigenvalue weighted by molar-refractivity contribution is 6.74. The highest BCUT2D eigenvalue weighted by atomic mass is 28.4. The molecular formula is C25H39F2NO3Si. The fraction of sp³-hybridized carbons (Fsp3) is 0.680. The number of alkyl halides is 2. The number of carbonyl (C=O) groups excluding carboxylic acids is 2. The van der Waals surface area contributed by atoms with Crippen LogP contribution >= 0.6 is 0 Å². The molecule has 1 aliphatic rings. The molecule has 32 heavy (non-hydrogen) atoms. The normalized spacial score (nSPS) is 15.9. The van der Waals surface area contributed by atoms with E-state index in [4.69, 9.17) is 4.43 Å². The Morgan fingerprint density at radius 3 is 1.94 bits per heavy atom. The van der Waals surface area contributed by atoms with E-state index in [0.717, 1.165) is 37.0 Å². The van der Waals surface area contributed by atoms with Crippen molar-refractivity contribution >= 4 is 20.1 Å². The summed E-state index contributed by atoms with van der Waals surface area (Å²) < 4.78 is 37.1. The number of imide groups is 1. The van der Waals surface area contributed by atoms with Crippen molar-refractivity contribution in [1.29, 1.82) is 0 Å². The van der Waals surface area contributed by atoms with Gasteiger partial charge < -0.3 is 4.43 Å². The molecule has 0 radical (unpaired) electrons. The van der Waals surface area contributed by atoms with Crippen molar-refractivity contribution < 1.29 is 22.8 Å². The SMILES string of the molecule is CCCCCCCCC(N1C(=O)c2ccccc2C1=O)C(F)(F)CO[Si](C)(C)C(C)(C)C. The van der Waals surface area contributed by atoms with Crippen LogP contribution in [0.4, 0.5) is 8.78 Å². The molecule has 0 aliphatic carbocycles. The highest BCUT2D eigenvalue weighted by Crippen LogP contribution is 2.39. The standard InChI is InChI=1S/C25H39F2NO3Si/c1-7-8-9-10-11-12-17-21(25(26,27)18-31-32(5,6)24(2,3)4)28-22(29)19-15-13-14-16-20(19)23(28)30/h13-16,21H,7-12,17-18H2,1-6H3. The molecular weight excluding hydrogens is 428 g/mol. The maximum Gasteiger partial charge on any atom is 0.290 e. The van der Waals surface area contributed by atoms with Crippen LogP contribution in [0.2, 0.25) is 18.1 Å². The van der Waals surface area contributed by atoms with Gasteiger partial charge in [-0.25, -0.2) is 8.78 Å². The zero-order valence-electron chi connectivity index (χ0n) is 20.5. The van der Waals surface area contributed by atoms with Gasteiger partial charge in [0.15, 0.2) is 8.32 Å². The average molecular weight is 468 g/mol. The summed E-state index contributed by atoms with van der Waals surface area (Å²) in [5.74, 6) is -4.59. The first kappa shape index (κ1) is 26.6. The first-order valence-corrected chi connectivity index (χ1v) is 14.7. The first-order chi connectivity index (χ1) is 14.8. The maximum atomic E-state index is 15.6. The third-order valence-corrected chi connectivity index (χ3v) is 11.4. The van der Waals surface area contributed by atoms with Gasteiger partial charge >= 0.3 is 0 Å². The van der Waals surface area contributed by atoms with Gasteiger partial charge in [0.2, 0.25) is 0 Å². The van der Waals surface area contributed by atoms with Gasteiger partial charge in [-0.1, -0.05) is 78.4 Å². The Morgan fingerprint density at radius 2 is 1.44 bits per heavy atom. The molecule has 1 unspecified atom stereocenters. The summed E-state index contributed by atoms with van der Waals surface area (Å²) in [4.78, 5) is 26.7. The van der Waals surface area contributed by atoms with Crippen molar-refractivity contribution in [3.8, 4) is 0 Å². The third kappa shape index (κ3) is 6.04. The Balaban J connectivity index is 2.22. The quantitative estimate of drug-likeness (QED) is 0.188.